The van der Waals surface area contributed by atoms with E-state index in [2.05, 4.69) is 81.6 Å². The molecule has 1 aliphatic rings. The van der Waals surface area contributed by atoms with Gasteiger partial charge in [0, 0.05) is 9.52 Å². The van der Waals surface area contributed by atoms with Crippen molar-refractivity contribution in [3.8, 4) is 0 Å². The van der Waals surface area contributed by atoms with Crippen molar-refractivity contribution in [3.05, 3.63) is 11.1 Å². The number of hydrogen-bond donors (Lipinski definition) is 0. The van der Waals surface area contributed by atoms with Crippen molar-refractivity contribution in [1.29, 1.82) is 0 Å². The predicted octanol–water partition coefficient (Wildman–Crippen LogP) is 7.05. The second kappa shape index (κ2) is 8.46. The van der Waals surface area contributed by atoms with Crippen LogP contribution < -0.4 is 0 Å². The van der Waals surface area contributed by atoms with Crippen LogP contribution in [0.5, 0.6) is 0 Å². The van der Waals surface area contributed by atoms with Crippen LogP contribution in [0.25, 0.3) is 0 Å². The first-order chi connectivity index (χ1) is 7.81. The summed E-state index contributed by atoms with van der Waals surface area (Å²) in [6.07, 6.45) is 0. The highest BCUT2D eigenvalue weighted by Crippen LogP contribution is 2.80. The van der Waals surface area contributed by atoms with E-state index in [0.717, 1.165) is 9.52 Å². The van der Waals surface area contributed by atoms with Crippen molar-refractivity contribution in [2.75, 3.05) is 0 Å². The molecule has 2 radical (unpaired) electrons. The van der Waals surface area contributed by atoms with Crippen molar-refractivity contribution in [1.82, 2.24) is 0 Å². The van der Waals surface area contributed by atoms with Crippen LogP contribution >= 0.6 is 0 Å². The van der Waals surface area contributed by atoms with Gasteiger partial charge >= 0.3 is 0 Å². The molecule has 1 aliphatic heterocycles. The van der Waals surface area contributed by atoms with E-state index < -0.39 is 8.07 Å². The minimum atomic E-state index is -0.816. The fourth-order valence-corrected chi connectivity index (χ4v) is 6.38. The highest BCUT2D eigenvalue weighted by Gasteiger charge is 2.72. The molecule has 1 saturated heterocycles. The van der Waals surface area contributed by atoms with Gasteiger partial charge < -0.3 is 0 Å². The molecule has 0 aromatic heterocycles. The fraction of sp³-hybridized carbons (Fsp3) is 0.882. The average Bonchev–Trinajstić information content (AvgIpc) is 2.44. The first-order valence-corrected chi connectivity index (χ1v) is 12.0. The molecule has 0 amide bonds. The monoisotopic (exact) mass is 300 g/mol. The Morgan fingerprint density at radius 1 is 0.737 bits per heavy atom. The molecule has 0 nitrogen and oxygen atoms in total. The van der Waals surface area contributed by atoms with Gasteiger partial charge in [-0.25, -0.2) is 0 Å². The summed E-state index contributed by atoms with van der Waals surface area (Å²) in [5, 5.41) is 1.36. The lowest BCUT2D eigenvalue weighted by molar-refractivity contribution is 0.628. The van der Waals surface area contributed by atoms with Crippen LogP contribution in [0, 0.1) is 0 Å². The van der Waals surface area contributed by atoms with E-state index in [9.17, 15) is 0 Å². The zero-order valence-electron chi connectivity index (χ0n) is 15.0. The Bertz CT molecular complexity index is 225. The van der Waals surface area contributed by atoms with Gasteiger partial charge in [0.25, 0.3) is 0 Å². The summed E-state index contributed by atoms with van der Waals surface area (Å²) < 4.78 is 0. The van der Waals surface area contributed by atoms with Gasteiger partial charge in [-0.1, -0.05) is 72.5 Å². The number of hydrogen-bond acceptors (Lipinski definition) is 0. The summed E-state index contributed by atoms with van der Waals surface area (Å²) in [5.41, 5.74) is 2.85. The lowest BCUT2D eigenvalue weighted by Crippen LogP contribution is -2.08. The smallest absolute Gasteiger partial charge is 0.0592 e. The first kappa shape index (κ1) is 24.2. The van der Waals surface area contributed by atoms with Crippen molar-refractivity contribution in [2.24, 2.45) is 0 Å². The molecule has 0 bridgehead atoms. The Hall–Kier alpha value is 0.174. The molecule has 2 heteroatoms. The Balaban J connectivity index is -0.000000226. The molecule has 1 heterocycles. The summed E-state index contributed by atoms with van der Waals surface area (Å²) in [4.78, 5) is 0. The van der Waals surface area contributed by atoms with E-state index in [1.165, 1.54) is 11.1 Å². The third kappa shape index (κ3) is 5.59. The summed E-state index contributed by atoms with van der Waals surface area (Å²) in [6.45, 7) is 27.4. The molecule has 1 fully saturated rings. The molecule has 0 aromatic carbocycles. The van der Waals surface area contributed by atoms with Gasteiger partial charge in [0.05, 0.1) is 8.07 Å². The van der Waals surface area contributed by atoms with E-state index in [4.69, 9.17) is 0 Å². The Labute approximate surface area is 128 Å². The van der Waals surface area contributed by atoms with Crippen LogP contribution in [0.2, 0.25) is 36.3 Å². The summed E-state index contributed by atoms with van der Waals surface area (Å²) in [6, 6.07) is 0. The van der Waals surface area contributed by atoms with Crippen molar-refractivity contribution in [3.63, 3.8) is 0 Å². The maximum absolute atomic E-state index is 2.49. The van der Waals surface area contributed by atoms with E-state index in [0.29, 0.717) is 10.1 Å². The third-order valence-corrected chi connectivity index (χ3v) is 12.9. The average molecular weight is 301 g/mol. The van der Waals surface area contributed by atoms with E-state index >= 15 is 0 Å². The maximum Gasteiger partial charge on any atom is 0.0592 e. The standard InChI is InChI=1S/C8H18Si.C6H12.C2H6Si.CH4/c1-7(2)8(3,4)9(7,5)6;1-5(2)6(3)4;1-3-2;/h1-6H3;1-4H3;1-2H3;1H4. The van der Waals surface area contributed by atoms with Crippen LogP contribution in [0.3, 0.4) is 0 Å². The van der Waals surface area contributed by atoms with Gasteiger partial charge in [0.15, 0.2) is 0 Å². The number of allylic oxidation sites excluding steroid dienone is 2. The number of rotatable bonds is 0. The molecule has 0 N–H and O–H groups in total. The molecule has 1 rings (SSSR count). The second-order valence-electron chi connectivity index (χ2n) is 7.38. The molecule has 0 saturated carbocycles. The minimum Gasteiger partial charge on any atom is -0.0778 e. The summed E-state index contributed by atoms with van der Waals surface area (Å²) >= 11 is 0. The Morgan fingerprint density at radius 3 is 0.842 bits per heavy atom. The molecule has 116 valence electrons. The van der Waals surface area contributed by atoms with Crippen LogP contribution in [-0.4, -0.2) is 17.6 Å². The van der Waals surface area contributed by atoms with Gasteiger partial charge in [-0.05, 0) is 37.8 Å². The molecular formula is C17H40Si2. The SMILES string of the molecule is C.CC(C)=C(C)C.CC1(C)C(C)(C)[Si]1(C)C.C[Si]C. The molecule has 0 unspecified atom stereocenters. The fourth-order valence-electron chi connectivity index (χ4n) is 1.88. The molecule has 0 aromatic rings. The third-order valence-electron chi connectivity index (χ3n) is 5.62. The Morgan fingerprint density at radius 2 is 0.842 bits per heavy atom. The maximum atomic E-state index is 2.49. The molecule has 0 spiro atoms. The van der Waals surface area contributed by atoms with Crippen LogP contribution in [0.15, 0.2) is 11.1 Å². The van der Waals surface area contributed by atoms with Gasteiger partial charge in [-0.2, -0.15) is 0 Å². The molecule has 0 aliphatic carbocycles. The van der Waals surface area contributed by atoms with Crippen LogP contribution in [0.4, 0.5) is 0 Å². The zero-order valence-corrected chi connectivity index (χ0v) is 17.0. The first-order valence-electron chi connectivity index (χ1n) is 7.00. The lowest BCUT2D eigenvalue weighted by atomic mass is 10.0. The van der Waals surface area contributed by atoms with E-state index in [1.54, 1.807) is 0 Å². The zero-order chi connectivity index (χ0) is 15.4. The lowest BCUT2D eigenvalue weighted by Gasteiger charge is -2.04. The van der Waals surface area contributed by atoms with Gasteiger partial charge in [-0.15, -0.1) is 0 Å². The van der Waals surface area contributed by atoms with Gasteiger partial charge in [0.1, 0.15) is 0 Å². The molecule has 19 heavy (non-hydrogen) atoms. The minimum absolute atomic E-state index is 0. The van der Waals surface area contributed by atoms with E-state index in [-0.39, 0.29) is 7.43 Å². The van der Waals surface area contributed by atoms with Crippen LogP contribution in [0.1, 0.15) is 62.8 Å². The van der Waals surface area contributed by atoms with Crippen molar-refractivity contribution in [2.45, 2.75) is 99.1 Å². The molecular weight excluding hydrogens is 260 g/mol. The highest BCUT2D eigenvalue weighted by atomic mass is 28.3. The quantitative estimate of drug-likeness (QED) is 0.332. The highest BCUT2D eigenvalue weighted by molar-refractivity contribution is 6.94. The summed E-state index contributed by atoms with van der Waals surface area (Å²) in [7, 11) is 0.267. The summed E-state index contributed by atoms with van der Waals surface area (Å²) in [5.74, 6) is 0. The van der Waals surface area contributed by atoms with Crippen molar-refractivity contribution < 1.29 is 0 Å². The van der Waals surface area contributed by atoms with Crippen molar-refractivity contribution >= 4 is 17.6 Å². The second-order valence-corrected chi connectivity index (χ2v) is 14.1. The molecule has 0 atom stereocenters. The van der Waals surface area contributed by atoms with Gasteiger partial charge in [-0.3, -0.25) is 0 Å². The van der Waals surface area contributed by atoms with Crippen LogP contribution in [-0.2, 0) is 0 Å². The van der Waals surface area contributed by atoms with Gasteiger partial charge in [0.2, 0.25) is 0 Å². The largest absolute Gasteiger partial charge is 0.0778 e. The Kier molecular flexibility index (Phi) is 10.8. The normalized spacial score (nSPS) is 19.6. The van der Waals surface area contributed by atoms with E-state index in [1.807, 2.05) is 0 Å². The topological polar surface area (TPSA) is 0 Å². The predicted molar refractivity (Wildman–Crippen MR) is 99.5 cm³/mol.